The Balaban J connectivity index is 2.11. The zero-order valence-corrected chi connectivity index (χ0v) is 13.4. The van der Waals surface area contributed by atoms with Crippen LogP contribution in [0.1, 0.15) is 25.5 Å². The molecule has 0 aliphatic heterocycles. The van der Waals surface area contributed by atoms with E-state index in [9.17, 15) is 0 Å². The largest absolute Gasteiger partial charge is 0.395 e. The van der Waals surface area contributed by atoms with Gasteiger partial charge < -0.3 is 15.3 Å². The van der Waals surface area contributed by atoms with Crippen molar-refractivity contribution in [1.29, 1.82) is 0 Å². The summed E-state index contributed by atoms with van der Waals surface area (Å²) in [5, 5.41) is 12.5. The minimum Gasteiger partial charge on any atom is -0.395 e. The van der Waals surface area contributed by atoms with Crippen molar-refractivity contribution in [3.05, 3.63) is 48.4 Å². The third-order valence-corrected chi connectivity index (χ3v) is 3.64. The molecule has 1 atom stereocenters. The molecule has 0 aromatic carbocycles. The minimum absolute atomic E-state index is 0.132. The van der Waals surface area contributed by atoms with Crippen LogP contribution in [0.15, 0.2) is 42.9 Å². The SMILES string of the molecule is CC(C)C(Nc1ccc(N(C)CCO)cn1)c1cccnc1. The predicted molar refractivity (Wildman–Crippen MR) is 90.0 cm³/mol. The van der Waals surface area contributed by atoms with Gasteiger partial charge in [0.05, 0.1) is 24.5 Å². The standard InChI is InChI=1S/C17H24N4O/c1-13(2)17(14-5-4-8-18-11-14)20-16-7-6-15(12-19-16)21(3)9-10-22/h4-8,11-13,17,22H,9-10H2,1-3H3,(H,19,20). The maximum absolute atomic E-state index is 8.98. The van der Waals surface area contributed by atoms with E-state index in [2.05, 4.69) is 35.2 Å². The highest BCUT2D eigenvalue weighted by atomic mass is 16.3. The van der Waals surface area contributed by atoms with Gasteiger partial charge >= 0.3 is 0 Å². The van der Waals surface area contributed by atoms with Crippen LogP contribution in [0.5, 0.6) is 0 Å². The molecule has 0 aliphatic rings. The van der Waals surface area contributed by atoms with E-state index in [-0.39, 0.29) is 12.6 Å². The monoisotopic (exact) mass is 300 g/mol. The molecule has 0 bridgehead atoms. The van der Waals surface area contributed by atoms with E-state index in [0.29, 0.717) is 12.5 Å². The van der Waals surface area contributed by atoms with E-state index < -0.39 is 0 Å². The fourth-order valence-corrected chi connectivity index (χ4v) is 2.33. The molecule has 2 heterocycles. The lowest BCUT2D eigenvalue weighted by molar-refractivity contribution is 0.304. The number of rotatable bonds is 7. The lowest BCUT2D eigenvalue weighted by Gasteiger charge is -2.24. The summed E-state index contributed by atoms with van der Waals surface area (Å²) in [5.41, 5.74) is 2.14. The molecular weight excluding hydrogens is 276 g/mol. The average molecular weight is 300 g/mol. The predicted octanol–water partition coefficient (Wildman–Crippen LogP) is 2.71. The summed E-state index contributed by atoms with van der Waals surface area (Å²) in [7, 11) is 1.94. The number of pyridine rings is 2. The van der Waals surface area contributed by atoms with Crippen molar-refractivity contribution in [2.45, 2.75) is 19.9 Å². The highest BCUT2D eigenvalue weighted by molar-refractivity contribution is 5.49. The average Bonchev–Trinajstić information content (AvgIpc) is 2.54. The Kier molecular flexibility index (Phi) is 5.72. The summed E-state index contributed by atoms with van der Waals surface area (Å²) >= 11 is 0. The van der Waals surface area contributed by atoms with Crippen LogP contribution in [-0.2, 0) is 0 Å². The number of hydrogen-bond donors (Lipinski definition) is 2. The highest BCUT2D eigenvalue weighted by Crippen LogP contribution is 2.25. The fraction of sp³-hybridized carbons (Fsp3) is 0.412. The number of nitrogens with one attached hydrogen (secondary N) is 1. The summed E-state index contributed by atoms with van der Waals surface area (Å²) in [6, 6.07) is 8.17. The molecule has 2 rings (SSSR count). The maximum Gasteiger partial charge on any atom is 0.126 e. The van der Waals surface area contributed by atoms with Gasteiger partial charge in [0.1, 0.15) is 5.82 Å². The molecule has 2 N–H and O–H groups in total. The number of aliphatic hydroxyl groups excluding tert-OH is 1. The second-order valence-corrected chi connectivity index (χ2v) is 5.70. The van der Waals surface area contributed by atoms with Gasteiger partial charge in [-0.1, -0.05) is 19.9 Å². The number of aromatic nitrogens is 2. The molecule has 22 heavy (non-hydrogen) atoms. The van der Waals surface area contributed by atoms with Crippen LogP contribution in [0.2, 0.25) is 0 Å². The summed E-state index contributed by atoms with van der Waals surface area (Å²) in [5.74, 6) is 1.26. The van der Waals surface area contributed by atoms with Crippen molar-refractivity contribution < 1.29 is 5.11 Å². The summed E-state index contributed by atoms with van der Waals surface area (Å²) in [6.07, 6.45) is 5.49. The van der Waals surface area contributed by atoms with Gasteiger partial charge in [-0.25, -0.2) is 4.98 Å². The summed E-state index contributed by atoms with van der Waals surface area (Å²) < 4.78 is 0. The number of likely N-dealkylation sites (N-methyl/N-ethyl adjacent to an activating group) is 1. The van der Waals surface area contributed by atoms with Gasteiger partial charge in [-0.15, -0.1) is 0 Å². The van der Waals surface area contributed by atoms with Crippen LogP contribution in [0.25, 0.3) is 0 Å². The molecule has 0 saturated heterocycles. The topological polar surface area (TPSA) is 61.3 Å². The van der Waals surface area contributed by atoms with Crippen LogP contribution in [0, 0.1) is 5.92 Å². The maximum atomic E-state index is 8.98. The zero-order chi connectivity index (χ0) is 15.9. The van der Waals surface area contributed by atoms with Crippen molar-refractivity contribution in [2.24, 2.45) is 5.92 Å². The number of aliphatic hydroxyl groups is 1. The molecule has 0 amide bonds. The van der Waals surface area contributed by atoms with Gasteiger partial charge in [-0.05, 0) is 29.7 Å². The molecule has 0 saturated carbocycles. The molecule has 0 spiro atoms. The van der Waals surface area contributed by atoms with Gasteiger partial charge in [0.15, 0.2) is 0 Å². The minimum atomic E-state index is 0.132. The van der Waals surface area contributed by atoms with Crippen molar-refractivity contribution in [2.75, 3.05) is 30.4 Å². The van der Waals surface area contributed by atoms with Gasteiger partial charge in [0.2, 0.25) is 0 Å². The third kappa shape index (κ3) is 4.18. The van der Waals surface area contributed by atoms with E-state index in [0.717, 1.165) is 17.1 Å². The summed E-state index contributed by atoms with van der Waals surface area (Å²) in [4.78, 5) is 10.6. The van der Waals surface area contributed by atoms with Gasteiger partial charge in [-0.3, -0.25) is 4.98 Å². The van der Waals surface area contributed by atoms with E-state index in [1.165, 1.54) is 0 Å². The van der Waals surface area contributed by atoms with Gasteiger partial charge in [-0.2, -0.15) is 0 Å². The molecule has 5 heteroatoms. The molecule has 2 aromatic heterocycles. The number of anilines is 2. The molecule has 2 aromatic rings. The first-order chi connectivity index (χ1) is 10.6. The van der Waals surface area contributed by atoms with Crippen molar-refractivity contribution in [1.82, 2.24) is 9.97 Å². The molecule has 1 unspecified atom stereocenters. The Bertz CT molecular complexity index is 557. The second kappa shape index (κ2) is 7.75. The molecule has 0 radical (unpaired) electrons. The number of hydrogen-bond acceptors (Lipinski definition) is 5. The molecule has 5 nitrogen and oxygen atoms in total. The Hall–Kier alpha value is -2.14. The third-order valence-electron chi connectivity index (χ3n) is 3.64. The quantitative estimate of drug-likeness (QED) is 0.823. The van der Waals surface area contributed by atoms with Crippen LogP contribution in [0.4, 0.5) is 11.5 Å². The zero-order valence-electron chi connectivity index (χ0n) is 13.4. The normalized spacial score (nSPS) is 12.2. The Labute approximate surface area is 132 Å². The van der Waals surface area contributed by atoms with E-state index in [1.54, 1.807) is 6.20 Å². The molecule has 0 fully saturated rings. The van der Waals surface area contributed by atoms with E-state index in [1.807, 2.05) is 42.5 Å². The number of nitrogens with zero attached hydrogens (tertiary/aromatic N) is 3. The highest BCUT2D eigenvalue weighted by Gasteiger charge is 2.16. The summed E-state index contributed by atoms with van der Waals surface area (Å²) in [6.45, 7) is 5.08. The second-order valence-electron chi connectivity index (χ2n) is 5.70. The van der Waals surface area contributed by atoms with E-state index in [4.69, 9.17) is 5.11 Å². The Morgan fingerprint density at radius 2 is 2.05 bits per heavy atom. The van der Waals surface area contributed by atoms with Crippen LogP contribution < -0.4 is 10.2 Å². The molecule has 0 aliphatic carbocycles. The van der Waals surface area contributed by atoms with Gasteiger partial charge in [0.25, 0.3) is 0 Å². The molecule has 118 valence electrons. The lowest BCUT2D eigenvalue weighted by Crippen LogP contribution is -2.21. The van der Waals surface area contributed by atoms with Crippen LogP contribution in [0.3, 0.4) is 0 Å². The fourth-order valence-electron chi connectivity index (χ4n) is 2.33. The lowest BCUT2D eigenvalue weighted by atomic mass is 9.97. The Morgan fingerprint density at radius 1 is 1.23 bits per heavy atom. The first-order valence-electron chi connectivity index (χ1n) is 7.56. The van der Waals surface area contributed by atoms with Crippen molar-refractivity contribution in [3.8, 4) is 0 Å². The Morgan fingerprint density at radius 3 is 2.59 bits per heavy atom. The molecular formula is C17H24N4O. The van der Waals surface area contributed by atoms with Crippen molar-refractivity contribution in [3.63, 3.8) is 0 Å². The van der Waals surface area contributed by atoms with Crippen LogP contribution >= 0.6 is 0 Å². The first kappa shape index (κ1) is 16.2. The van der Waals surface area contributed by atoms with Crippen molar-refractivity contribution >= 4 is 11.5 Å². The smallest absolute Gasteiger partial charge is 0.126 e. The van der Waals surface area contributed by atoms with E-state index >= 15 is 0 Å². The van der Waals surface area contributed by atoms with Crippen LogP contribution in [-0.4, -0.2) is 35.3 Å². The first-order valence-corrected chi connectivity index (χ1v) is 7.56. The van der Waals surface area contributed by atoms with Gasteiger partial charge in [0, 0.05) is 26.0 Å².